The smallest absolute Gasteiger partial charge is 0.444 e. The van der Waals surface area contributed by atoms with Crippen LogP contribution in [0.25, 0.3) is 0 Å². The molecule has 1 rings (SSSR count). The lowest BCUT2D eigenvalue weighted by Gasteiger charge is -2.31. The first-order valence-electron chi connectivity index (χ1n) is 9.60. The van der Waals surface area contributed by atoms with E-state index in [0.717, 1.165) is 6.42 Å². The van der Waals surface area contributed by atoms with Crippen molar-refractivity contribution in [3.05, 3.63) is 0 Å². The van der Waals surface area contributed by atoms with E-state index in [2.05, 4.69) is 5.32 Å². The fraction of sp³-hybridized carbons (Fsp3) is 0.824. The lowest BCUT2D eigenvalue weighted by molar-refractivity contribution is -0.122. The molecule has 0 aliphatic carbocycles. The average molecular weight is 416 g/mol. The van der Waals surface area contributed by atoms with Gasteiger partial charge in [0.05, 0.1) is 12.0 Å². The van der Waals surface area contributed by atoms with Crippen LogP contribution in [0.2, 0.25) is 0 Å². The van der Waals surface area contributed by atoms with E-state index in [-0.39, 0.29) is 12.5 Å². The van der Waals surface area contributed by atoms with Crippen LogP contribution in [0.15, 0.2) is 0 Å². The van der Waals surface area contributed by atoms with Crippen LogP contribution in [0.1, 0.15) is 47.0 Å². The molecule has 1 heterocycles. The Hall–Kier alpha value is -1.43. The van der Waals surface area contributed by atoms with E-state index in [0.29, 0.717) is 37.5 Å². The third kappa shape index (κ3) is 7.90. The van der Waals surface area contributed by atoms with Crippen LogP contribution < -0.4 is 11.1 Å². The highest BCUT2D eigenvalue weighted by Crippen LogP contribution is 2.20. The number of carbonyl (C=O) groups is 2. The third-order valence-corrected chi connectivity index (χ3v) is 4.88. The largest absolute Gasteiger partial charge is 0.475 e. The standard InChI is InChI=1S/C17H33BN4O5S/c1-12(15(28)22-10-5-7-13(22)18(25)26)20-14(23)11-21(9-6-8-19)16(24)27-17(2,3)4/h12-13,25-26H,5-11,19H2,1-4H3,(H,20,23)/t12-,13-/m0/s1. The Labute approximate surface area is 172 Å². The summed E-state index contributed by atoms with van der Waals surface area (Å²) in [5, 5.41) is 21.8. The summed E-state index contributed by atoms with van der Waals surface area (Å²) < 4.78 is 5.35. The van der Waals surface area contributed by atoms with Gasteiger partial charge in [0.25, 0.3) is 0 Å². The lowest BCUT2D eigenvalue weighted by Crippen LogP contribution is -2.53. The monoisotopic (exact) mass is 416 g/mol. The Bertz CT molecular complexity index is 558. The molecule has 9 nitrogen and oxygen atoms in total. The molecule has 0 radical (unpaired) electrons. The zero-order valence-corrected chi connectivity index (χ0v) is 18.0. The van der Waals surface area contributed by atoms with E-state index in [1.165, 1.54) is 4.90 Å². The van der Waals surface area contributed by atoms with Crippen molar-refractivity contribution in [1.29, 1.82) is 0 Å². The van der Waals surface area contributed by atoms with E-state index < -0.39 is 30.8 Å². The minimum atomic E-state index is -1.48. The minimum absolute atomic E-state index is 0.173. The average Bonchev–Trinajstić information content (AvgIpc) is 3.05. The molecule has 0 aromatic heterocycles. The van der Waals surface area contributed by atoms with Crippen LogP contribution in [-0.4, -0.2) is 87.7 Å². The number of hydrogen-bond acceptors (Lipinski definition) is 7. The molecule has 0 unspecified atom stereocenters. The molecule has 1 aliphatic heterocycles. The minimum Gasteiger partial charge on any atom is -0.444 e. The Morgan fingerprint density at radius 3 is 2.61 bits per heavy atom. The zero-order chi connectivity index (χ0) is 21.5. The topological polar surface area (TPSA) is 128 Å². The number of amides is 2. The molecule has 0 spiro atoms. The quantitative estimate of drug-likeness (QED) is 0.319. The molecular formula is C17H33BN4O5S. The lowest BCUT2D eigenvalue weighted by atomic mass is 9.78. The number of carbonyl (C=O) groups excluding carboxylic acids is 2. The molecule has 28 heavy (non-hydrogen) atoms. The van der Waals surface area contributed by atoms with Crippen molar-refractivity contribution in [1.82, 2.24) is 15.1 Å². The third-order valence-electron chi connectivity index (χ3n) is 4.29. The molecule has 1 saturated heterocycles. The molecule has 0 bridgehead atoms. The van der Waals surface area contributed by atoms with Gasteiger partial charge in [-0.3, -0.25) is 9.69 Å². The molecule has 2 amide bonds. The van der Waals surface area contributed by atoms with Crippen LogP contribution in [0.3, 0.4) is 0 Å². The zero-order valence-electron chi connectivity index (χ0n) is 17.2. The molecule has 0 aromatic rings. The van der Waals surface area contributed by atoms with Crippen molar-refractivity contribution in [3.8, 4) is 0 Å². The molecule has 160 valence electrons. The Kier molecular flexibility index (Phi) is 9.62. The first-order valence-corrected chi connectivity index (χ1v) is 10.0. The van der Waals surface area contributed by atoms with E-state index in [1.807, 2.05) is 0 Å². The Morgan fingerprint density at radius 1 is 1.43 bits per heavy atom. The number of likely N-dealkylation sites (tertiary alicyclic amines) is 1. The van der Waals surface area contributed by atoms with Crippen LogP contribution in [0, 0.1) is 0 Å². The summed E-state index contributed by atoms with van der Waals surface area (Å²) in [6, 6.07) is -0.489. The molecule has 0 aromatic carbocycles. The summed E-state index contributed by atoms with van der Waals surface area (Å²) in [4.78, 5) is 28.3. The molecule has 2 atom stereocenters. The summed E-state index contributed by atoms with van der Waals surface area (Å²) in [6.45, 7) is 8.15. The number of hydrogen-bond donors (Lipinski definition) is 4. The fourth-order valence-corrected chi connectivity index (χ4v) is 3.28. The molecule has 0 saturated carbocycles. The van der Waals surface area contributed by atoms with Gasteiger partial charge in [-0.15, -0.1) is 0 Å². The van der Waals surface area contributed by atoms with Gasteiger partial charge in [-0.25, -0.2) is 4.79 Å². The predicted octanol–water partition coefficient (Wildman–Crippen LogP) is -0.119. The van der Waals surface area contributed by atoms with Gasteiger partial charge in [0.1, 0.15) is 17.1 Å². The summed E-state index contributed by atoms with van der Waals surface area (Å²) in [5.74, 6) is -0.840. The summed E-state index contributed by atoms with van der Waals surface area (Å²) in [6.07, 6.45) is 1.40. The second kappa shape index (κ2) is 10.9. The second-order valence-electron chi connectivity index (χ2n) is 7.99. The SMILES string of the molecule is C[C@H](NC(=O)CN(CCCN)C(=O)OC(C)(C)C)C(=S)N1CCC[C@H]1B(O)O. The Morgan fingerprint density at radius 2 is 2.07 bits per heavy atom. The van der Waals surface area contributed by atoms with Gasteiger partial charge in [0, 0.05) is 13.1 Å². The number of nitrogens with two attached hydrogens (primary N) is 1. The molecular weight excluding hydrogens is 383 g/mol. The van der Waals surface area contributed by atoms with Crippen molar-refractivity contribution in [2.45, 2.75) is 64.5 Å². The van der Waals surface area contributed by atoms with Crippen molar-refractivity contribution in [2.24, 2.45) is 5.73 Å². The summed E-state index contributed by atoms with van der Waals surface area (Å²) in [7, 11) is -1.48. The first-order chi connectivity index (χ1) is 13.0. The molecule has 1 fully saturated rings. The highest BCUT2D eigenvalue weighted by molar-refractivity contribution is 7.80. The van der Waals surface area contributed by atoms with Gasteiger partial charge in [-0.05, 0) is 53.5 Å². The van der Waals surface area contributed by atoms with Crippen LogP contribution in [0.4, 0.5) is 4.79 Å². The van der Waals surface area contributed by atoms with Crippen LogP contribution in [-0.2, 0) is 9.53 Å². The maximum absolute atomic E-state index is 12.5. The van der Waals surface area contributed by atoms with Crippen molar-refractivity contribution in [3.63, 3.8) is 0 Å². The van der Waals surface area contributed by atoms with Gasteiger partial charge < -0.3 is 30.7 Å². The summed E-state index contributed by atoms with van der Waals surface area (Å²) >= 11 is 5.43. The van der Waals surface area contributed by atoms with E-state index >= 15 is 0 Å². The van der Waals surface area contributed by atoms with Gasteiger partial charge in [-0.2, -0.15) is 0 Å². The van der Waals surface area contributed by atoms with Crippen molar-refractivity contribution >= 4 is 36.3 Å². The fourth-order valence-electron chi connectivity index (χ4n) is 2.99. The van der Waals surface area contributed by atoms with Crippen molar-refractivity contribution < 1.29 is 24.4 Å². The Balaban J connectivity index is 2.67. The van der Waals surface area contributed by atoms with Crippen molar-refractivity contribution in [2.75, 3.05) is 26.2 Å². The first kappa shape index (κ1) is 24.6. The highest BCUT2D eigenvalue weighted by Gasteiger charge is 2.36. The van der Waals surface area contributed by atoms with Gasteiger partial charge in [0.2, 0.25) is 5.91 Å². The van der Waals surface area contributed by atoms with Gasteiger partial charge in [0.15, 0.2) is 0 Å². The number of ether oxygens (including phenoxy) is 1. The normalized spacial score (nSPS) is 17.8. The van der Waals surface area contributed by atoms with Gasteiger partial charge >= 0.3 is 13.2 Å². The second-order valence-corrected chi connectivity index (χ2v) is 8.41. The molecule has 5 N–H and O–H groups in total. The van der Waals surface area contributed by atoms with Crippen LogP contribution >= 0.6 is 12.2 Å². The van der Waals surface area contributed by atoms with E-state index in [9.17, 15) is 19.6 Å². The molecule has 11 heteroatoms. The predicted molar refractivity (Wildman–Crippen MR) is 112 cm³/mol. The summed E-state index contributed by atoms with van der Waals surface area (Å²) in [5.41, 5.74) is 4.85. The number of nitrogens with zero attached hydrogens (tertiary/aromatic N) is 2. The molecule has 1 aliphatic rings. The highest BCUT2D eigenvalue weighted by atomic mass is 32.1. The van der Waals surface area contributed by atoms with Crippen LogP contribution in [0.5, 0.6) is 0 Å². The number of thiocarbonyl (C=S) groups is 1. The van der Waals surface area contributed by atoms with E-state index in [4.69, 9.17) is 22.7 Å². The maximum atomic E-state index is 12.5. The number of rotatable bonds is 8. The van der Waals surface area contributed by atoms with Gasteiger partial charge in [-0.1, -0.05) is 12.2 Å². The maximum Gasteiger partial charge on any atom is 0.475 e. The number of nitrogens with one attached hydrogen (secondary N) is 1. The van der Waals surface area contributed by atoms with E-state index in [1.54, 1.807) is 32.6 Å².